The number of carbonyl (C=O) groups is 2. The van der Waals surface area contributed by atoms with E-state index in [1.807, 2.05) is 36.2 Å². The third-order valence-electron chi connectivity index (χ3n) is 6.98. The summed E-state index contributed by atoms with van der Waals surface area (Å²) in [6.45, 7) is 4.64. The fraction of sp³-hybridized carbons (Fsp3) is 0.613. The first-order valence-electron chi connectivity index (χ1n) is 15.4. The molecule has 0 atom stereocenters. The lowest BCUT2D eigenvalue weighted by Crippen LogP contribution is -2.37. The van der Waals surface area contributed by atoms with Crippen LogP contribution in [0, 0.1) is 5.92 Å². The molecule has 0 radical (unpaired) electrons. The molecular formula is C31H46BrN5O7. The number of carboxylic acids is 1. The molecule has 12 nitrogen and oxygen atoms in total. The maximum Gasteiger partial charge on any atom is 0.329 e. The Balaban J connectivity index is 1.21. The van der Waals surface area contributed by atoms with Crippen LogP contribution >= 0.6 is 15.9 Å². The highest BCUT2D eigenvalue weighted by Crippen LogP contribution is 2.28. The normalized spacial score (nSPS) is 12.9. The van der Waals surface area contributed by atoms with Crippen LogP contribution < -0.4 is 15.4 Å². The van der Waals surface area contributed by atoms with Gasteiger partial charge in [0.15, 0.2) is 0 Å². The average molecular weight is 681 g/mol. The van der Waals surface area contributed by atoms with Crippen LogP contribution in [0.15, 0.2) is 34.9 Å². The van der Waals surface area contributed by atoms with Crippen molar-refractivity contribution in [3.63, 3.8) is 0 Å². The van der Waals surface area contributed by atoms with Crippen molar-refractivity contribution in [1.29, 1.82) is 0 Å². The highest BCUT2D eigenvalue weighted by molar-refractivity contribution is 9.10. The molecule has 1 fully saturated rings. The molecule has 3 N–H and O–H groups in total. The van der Waals surface area contributed by atoms with Gasteiger partial charge < -0.3 is 39.6 Å². The lowest BCUT2D eigenvalue weighted by molar-refractivity contribution is -0.142. The summed E-state index contributed by atoms with van der Waals surface area (Å²) >= 11 is 3.51. The van der Waals surface area contributed by atoms with Crippen molar-refractivity contribution in [2.24, 2.45) is 5.92 Å². The van der Waals surface area contributed by atoms with Gasteiger partial charge in [-0.15, -0.1) is 0 Å². The summed E-state index contributed by atoms with van der Waals surface area (Å²) in [4.78, 5) is 33.4. The quantitative estimate of drug-likeness (QED) is 0.127. The van der Waals surface area contributed by atoms with Crippen molar-refractivity contribution in [2.75, 3.05) is 77.0 Å². The van der Waals surface area contributed by atoms with Crippen molar-refractivity contribution in [1.82, 2.24) is 14.9 Å². The van der Waals surface area contributed by atoms with Gasteiger partial charge in [0.2, 0.25) is 11.9 Å². The minimum Gasteiger partial charge on any atom is -0.494 e. The molecule has 1 saturated carbocycles. The maximum atomic E-state index is 12.3. The molecule has 2 aromatic rings. The Bertz CT molecular complexity index is 1120. The number of unbranched alkanes of at least 4 members (excludes halogenated alkanes) is 1. The van der Waals surface area contributed by atoms with Crippen LogP contribution in [0.1, 0.15) is 51.4 Å². The Labute approximate surface area is 268 Å². The zero-order chi connectivity index (χ0) is 31.4. The molecule has 44 heavy (non-hydrogen) atoms. The Hall–Kier alpha value is -3.00. The third-order valence-corrected chi connectivity index (χ3v) is 7.56. The number of ether oxygens (including phenoxy) is 4. The van der Waals surface area contributed by atoms with Crippen LogP contribution in [0.25, 0.3) is 0 Å². The molecule has 0 aliphatic heterocycles. The van der Waals surface area contributed by atoms with Crippen molar-refractivity contribution < 1.29 is 33.6 Å². The number of halogens is 1. The number of nitrogens with zero attached hydrogens (tertiary/aromatic N) is 3. The number of hydrogen-bond donors (Lipinski definition) is 3. The highest BCUT2D eigenvalue weighted by Gasteiger charge is 2.27. The molecule has 1 aromatic carbocycles. The van der Waals surface area contributed by atoms with Gasteiger partial charge in [-0.25, -0.2) is 9.78 Å². The maximum absolute atomic E-state index is 12.3. The SMILES string of the molecule is CN(CCCNc1nc(Nc2ccc(OCCCOCCCCOCCCOCC(=O)O)cc2)ncc1Br)C(=O)C1CCC1. The molecule has 0 unspecified atom stereocenters. The first-order valence-corrected chi connectivity index (χ1v) is 16.2. The number of nitrogens with one attached hydrogen (secondary N) is 2. The average Bonchev–Trinajstić information content (AvgIpc) is 2.98. The minimum absolute atomic E-state index is 0.227. The van der Waals surface area contributed by atoms with Crippen LogP contribution in [-0.4, -0.2) is 98.2 Å². The number of amides is 1. The molecule has 3 rings (SSSR count). The molecule has 1 aliphatic carbocycles. The molecular weight excluding hydrogens is 634 g/mol. The molecule has 1 aromatic heterocycles. The second-order valence-electron chi connectivity index (χ2n) is 10.6. The van der Waals surface area contributed by atoms with Gasteiger partial charge in [-0.2, -0.15) is 4.98 Å². The zero-order valence-electron chi connectivity index (χ0n) is 25.6. The van der Waals surface area contributed by atoms with E-state index in [0.29, 0.717) is 70.9 Å². The van der Waals surface area contributed by atoms with Gasteiger partial charge in [-0.05, 0) is 78.7 Å². The van der Waals surface area contributed by atoms with Gasteiger partial charge in [0.05, 0.1) is 11.1 Å². The van der Waals surface area contributed by atoms with Crippen LogP contribution in [0.3, 0.4) is 0 Å². The van der Waals surface area contributed by atoms with E-state index < -0.39 is 5.97 Å². The number of benzene rings is 1. The summed E-state index contributed by atoms with van der Waals surface area (Å²) in [5, 5.41) is 15.0. The Morgan fingerprint density at radius 1 is 0.955 bits per heavy atom. The second-order valence-corrected chi connectivity index (χ2v) is 11.5. The zero-order valence-corrected chi connectivity index (χ0v) is 27.2. The number of carboxylic acid groups (broad SMARTS) is 1. The van der Waals surface area contributed by atoms with E-state index in [-0.39, 0.29) is 18.4 Å². The highest BCUT2D eigenvalue weighted by atomic mass is 79.9. The summed E-state index contributed by atoms with van der Waals surface area (Å²) in [5.41, 5.74) is 0.848. The second kappa shape index (κ2) is 20.9. The van der Waals surface area contributed by atoms with Crippen LogP contribution in [-0.2, 0) is 23.8 Å². The van der Waals surface area contributed by atoms with Crippen molar-refractivity contribution in [2.45, 2.75) is 51.4 Å². The first-order chi connectivity index (χ1) is 21.4. The monoisotopic (exact) mass is 679 g/mol. The molecule has 0 bridgehead atoms. The number of rotatable bonds is 24. The van der Waals surface area contributed by atoms with Crippen LogP contribution in [0.4, 0.5) is 17.5 Å². The smallest absolute Gasteiger partial charge is 0.329 e. The van der Waals surface area contributed by atoms with E-state index in [9.17, 15) is 9.59 Å². The largest absolute Gasteiger partial charge is 0.494 e. The molecule has 1 heterocycles. The van der Waals surface area contributed by atoms with Gasteiger partial charge in [0, 0.05) is 77.4 Å². The molecule has 244 valence electrons. The standard InChI is InChI=1S/C31H46BrN5O7/c1-37(30(40)24-8-4-9-24)15-5-14-33-29-27(32)22-34-31(36-29)35-25-10-12-26(13-11-25)44-21-7-19-42-17-3-2-16-41-18-6-20-43-23-28(38)39/h10-13,22,24H,2-9,14-21,23H2,1H3,(H,38,39)(H2,33,34,35,36). The molecule has 1 amide bonds. The molecule has 13 heteroatoms. The van der Waals surface area contributed by atoms with Crippen molar-refractivity contribution >= 4 is 45.3 Å². The lowest BCUT2D eigenvalue weighted by atomic mass is 9.84. The van der Waals surface area contributed by atoms with Crippen LogP contribution in [0.2, 0.25) is 0 Å². The van der Waals surface area contributed by atoms with E-state index in [4.69, 9.17) is 24.1 Å². The fourth-order valence-electron chi connectivity index (χ4n) is 4.30. The van der Waals surface area contributed by atoms with Gasteiger partial charge in [-0.1, -0.05) is 6.42 Å². The van der Waals surface area contributed by atoms with E-state index in [1.54, 1.807) is 6.20 Å². The van der Waals surface area contributed by atoms with E-state index in [2.05, 4.69) is 36.5 Å². The van der Waals surface area contributed by atoms with Crippen molar-refractivity contribution in [3.8, 4) is 5.75 Å². The van der Waals surface area contributed by atoms with Crippen molar-refractivity contribution in [3.05, 3.63) is 34.9 Å². The van der Waals surface area contributed by atoms with E-state index >= 15 is 0 Å². The number of anilines is 3. The summed E-state index contributed by atoms with van der Waals surface area (Å²) in [6, 6.07) is 7.65. The van der Waals surface area contributed by atoms with Gasteiger partial charge >= 0.3 is 5.97 Å². The van der Waals surface area contributed by atoms with Crippen LogP contribution in [0.5, 0.6) is 5.75 Å². The molecule has 0 saturated heterocycles. The summed E-state index contributed by atoms with van der Waals surface area (Å²) in [5.74, 6) is 1.49. The molecule has 0 spiro atoms. The third kappa shape index (κ3) is 14.2. The summed E-state index contributed by atoms with van der Waals surface area (Å²) < 4.78 is 22.7. The number of carbonyl (C=O) groups excluding carboxylic acids is 1. The van der Waals surface area contributed by atoms with E-state index in [1.165, 1.54) is 0 Å². The topological polar surface area (TPSA) is 144 Å². The Kier molecular flexibility index (Phi) is 16.8. The van der Waals surface area contributed by atoms with Gasteiger partial charge in [0.1, 0.15) is 18.2 Å². The lowest BCUT2D eigenvalue weighted by Gasteiger charge is -2.29. The number of aliphatic carboxylic acids is 1. The van der Waals surface area contributed by atoms with Gasteiger partial charge in [0.25, 0.3) is 0 Å². The summed E-state index contributed by atoms with van der Waals surface area (Å²) in [6.07, 6.45) is 9.07. The number of aromatic nitrogens is 2. The minimum atomic E-state index is -0.957. The number of hydrogen-bond acceptors (Lipinski definition) is 10. The first kappa shape index (κ1) is 35.5. The predicted octanol–water partition coefficient (Wildman–Crippen LogP) is 5.12. The predicted molar refractivity (Wildman–Crippen MR) is 172 cm³/mol. The Morgan fingerprint density at radius 2 is 1.61 bits per heavy atom. The van der Waals surface area contributed by atoms with E-state index in [0.717, 1.165) is 60.9 Å². The summed E-state index contributed by atoms with van der Waals surface area (Å²) in [7, 11) is 1.88. The fourth-order valence-corrected chi connectivity index (χ4v) is 4.63. The van der Waals surface area contributed by atoms with Gasteiger partial charge in [-0.3, -0.25) is 4.79 Å². The Morgan fingerprint density at radius 3 is 2.27 bits per heavy atom. The molecule has 1 aliphatic rings.